The molecule has 78 valence electrons. The Bertz CT molecular complexity index is 323. The summed E-state index contributed by atoms with van der Waals surface area (Å²) in [7, 11) is -1.02. The fourth-order valence-corrected chi connectivity index (χ4v) is 1.94. The molecule has 0 bridgehead atoms. The van der Waals surface area contributed by atoms with Crippen LogP contribution in [0.5, 0.6) is 0 Å². The Hall–Kier alpha value is 1.01. The predicted molar refractivity (Wildman–Crippen MR) is 61.0 cm³/mol. The summed E-state index contributed by atoms with van der Waals surface area (Å²) < 4.78 is 10.9. The fourth-order valence-electron chi connectivity index (χ4n) is 1.42. The summed E-state index contributed by atoms with van der Waals surface area (Å²) in [4.78, 5) is 0. The molecule has 0 aliphatic rings. The second-order valence-electron chi connectivity index (χ2n) is 3.90. The summed E-state index contributed by atoms with van der Waals surface area (Å²) in [6.07, 6.45) is 4.54. The maximum atomic E-state index is 10.9. The van der Waals surface area contributed by atoms with Gasteiger partial charge in [-0.3, -0.25) is 10.5 Å². The Kier molecular flexibility index (Phi) is 8.70. The van der Waals surface area contributed by atoms with Gasteiger partial charge in [-0.15, -0.1) is 10.8 Å². The van der Waals surface area contributed by atoms with Crippen molar-refractivity contribution in [3.05, 3.63) is 41.6 Å². The van der Waals surface area contributed by atoms with Crippen molar-refractivity contribution in [3.63, 3.8) is 0 Å². The molecule has 0 heterocycles. The minimum Gasteiger partial charge on any atom is -0.294 e. The standard InChI is InChI=1S/C12H16OS.K/c1-10(2)7-11-5-4-6-12(8-11)9-14(3)13;/h4-5,8,10H,3,7,9H2,1-2H3;/q-2;+1. The average Bonchev–Trinajstić information content (AvgIpc) is 2.01. The topological polar surface area (TPSA) is 17.1 Å². The van der Waals surface area contributed by atoms with Gasteiger partial charge < -0.3 is 0 Å². The van der Waals surface area contributed by atoms with Gasteiger partial charge in [-0.25, -0.2) is 0 Å². The number of rotatable bonds is 4. The van der Waals surface area contributed by atoms with E-state index in [0.29, 0.717) is 11.7 Å². The Morgan fingerprint density at radius 1 is 1.53 bits per heavy atom. The Morgan fingerprint density at radius 2 is 2.20 bits per heavy atom. The molecule has 0 radical (unpaired) electrons. The van der Waals surface area contributed by atoms with Crippen LogP contribution in [-0.2, 0) is 23.0 Å². The zero-order valence-corrected chi connectivity index (χ0v) is 13.7. The largest absolute Gasteiger partial charge is 1.00 e. The van der Waals surface area contributed by atoms with Crippen molar-refractivity contribution in [1.82, 2.24) is 0 Å². The van der Waals surface area contributed by atoms with Crippen LogP contribution < -0.4 is 51.4 Å². The quantitative estimate of drug-likeness (QED) is 0.529. The molecular weight excluding hydrogens is 231 g/mol. The first-order valence-corrected chi connectivity index (χ1v) is 6.24. The van der Waals surface area contributed by atoms with E-state index in [-0.39, 0.29) is 51.4 Å². The summed E-state index contributed by atoms with van der Waals surface area (Å²) in [5.41, 5.74) is 2.29. The molecule has 3 heteroatoms. The van der Waals surface area contributed by atoms with Crippen LogP contribution in [0.15, 0.2) is 18.2 Å². The molecule has 1 aromatic carbocycles. The van der Waals surface area contributed by atoms with E-state index in [1.807, 2.05) is 6.07 Å². The summed E-state index contributed by atoms with van der Waals surface area (Å²) in [6, 6.07) is 9.12. The molecule has 15 heavy (non-hydrogen) atoms. The zero-order valence-electron chi connectivity index (χ0n) is 9.75. The second-order valence-corrected chi connectivity index (χ2v) is 5.07. The minimum absolute atomic E-state index is 0. The van der Waals surface area contributed by atoms with Gasteiger partial charge in [0.15, 0.2) is 0 Å². The molecule has 1 rings (SSSR count). The first kappa shape index (κ1) is 16.0. The van der Waals surface area contributed by atoms with Crippen molar-refractivity contribution >= 4 is 10.8 Å². The van der Waals surface area contributed by atoms with Crippen molar-refractivity contribution < 1.29 is 55.6 Å². The second kappa shape index (κ2) is 8.15. The van der Waals surface area contributed by atoms with Crippen molar-refractivity contribution in [1.29, 1.82) is 0 Å². The van der Waals surface area contributed by atoms with Crippen LogP contribution in [0, 0.1) is 18.2 Å². The van der Waals surface area contributed by atoms with Crippen LogP contribution in [0.3, 0.4) is 0 Å². The van der Waals surface area contributed by atoms with Gasteiger partial charge in [-0.2, -0.15) is 35.4 Å². The van der Waals surface area contributed by atoms with Gasteiger partial charge in [0, 0.05) is 0 Å². The van der Waals surface area contributed by atoms with E-state index >= 15 is 0 Å². The van der Waals surface area contributed by atoms with E-state index in [2.05, 4.69) is 38.3 Å². The van der Waals surface area contributed by atoms with Gasteiger partial charge in [-0.05, 0) is 18.1 Å². The minimum atomic E-state index is -1.02. The molecule has 0 amide bonds. The van der Waals surface area contributed by atoms with E-state index < -0.39 is 10.8 Å². The van der Waals surface area contributed by atoms with E-state index in [4.69, 9.17) is 0 Å². The third-order valence-electron chi connectivity index (χ3n) is 1.89. The molecule has 1 unspecified atom stereocenters. The molecule has 0 aromatic heterocycles. The third kappa shape index (κ3) is 7.03. The predicted octanol–water partition coefficient (Wildman–Crippen LogP) is -0.270. The van der Waals surface area contributed by atoms with E-state index in [9.17, 15) is 4.21 Å². The molecule has 0 fully saturated rings. The summed E-state index contributed by atoms with van der Waals surface area (Å²) in [5.74, 6) is 1.15. The van der Waals surface area contributed by atoms with Crippen molar-refractivity contribution in [2.24, 2.45) is 5.92 Å². The van der Waals surface area contributed by atoms with Gasteiger partial charge in [0.05, 0.1) is 0 Å². The molecule has 0 saturated carbocycles. The van der Waals surface area contributed by atoms with E-state index in [1.54, 1.807) is 0 Å². The number of benzene rings is 1. The van der Waals surface area contributed by atoms with Crippen LogP contribution in [0.2, 0.25) is 0 Å². The maximum Gasteiger partial charge on any atom is 1.00 e. The van der Waals surface area contributed by atoms with Crippen LogP contribution in [0.25, 0.3) is 0 Å². The molecule has 1 aromatic rings. The summed E-state index contributed by atoms with van der Waals surface area (Å²) >= 11 is 0. The Morgan fingerprint density at radius 3 is 2.73 bits per heavy atom. The van der Waals surface area contributed by atoms with E-state index in [1.165, 1.54) is 5.56 Å². The summed E-state index contributed by atoms with van der Waals surface area (Å²) in [6.45, 7) is 4.38. The molecule has 0 N–H and O–H groups in total. The third-order valence-corrected chi connectivity index (χ3v) is 2.52. The normalized spacial score (nSPS) is 12.3. The first-order chi connectivity index (χ1) is 6.58. The Balaban J connectivity index is 0.00000196. The van der Waals surface area contributed by atoms with Crippen molar-refractivity contribution in [3.8, 4) is 0 Å². The van der Waals surface area contributed by atoms with Crippen LogP contribution in [-0.4, -0.2) is 4.21 Å². The van der Waals surface area contributed by atoms with Gasteiger partial charge in [0.2, 0.25) is 0 Å². The van der Waals surface area contributed by atoms with Gasteiger partial charge in [-0.1, -0.05) is 13.8 Å². The monoisotopic (exact) mass is 247 g/mol. The molecule has 0 saturated heterocycles. The fraction of sp³-hybridized carbons (Fsp3) is 0.417. The number of hydrogen-bond acceptors (Lipinski definition) is 1. The van der Waals surface area contributed by atoms with Crippen LogP contribution in [0.1, 0.15) is 25.0 Å². The average molecular weight is 247 g/mol. The van der Waals surface area contributed by atoms with Crippen LogP contribution in [0.4, 0.5) is 0 Å². The molecule has 0 aliphatic heterocycles. The van der Waals surface area contributed by atoms with Gasteiger partial charge in [0.1, 0.15) is 0 Å². The SMILES string of the molecule is [CH2-]S(=O)Cc1[c-]ccc(CC(C)C)c1.[K+]. The van der Waals surface area contributed by atoms with Gasteiger partial charge >= 0.3 is 51.4 Å². The summed E-state index contributed by atoms with van der Waals surface area (Å²) in [5, 5.41) is 0. The molecular formula is C12H16KOS-. The van der Waals surface area contributed by atoms with Crippen LogP contribution >= 0.6 is 0 Å². The smallest absolute Gasteiger partial charge is 0.294 e. The molecule has 0 aliphatic carbocycles. The van der Waals surface area contributed by atoms with Crippen molar-refractivity contribution in [2.45, 2.75) is 26.0 Å². The van der Waals surface area contributed by atoms with Crippen molar-refractivity contribution in [2.75, 3.05) is 0 Å². The number of hydrogen-bond donors (Lipinski definition) is 0. The Labute approximate surface area is 138 Å². The molecule has 1 nitrogen and oxygen atoms in total. The maximum absolute atomic E-state index is 10.9. The first-order valence-electron chi connectivity index (χ1n) is 4.75. The zero-order chi connectivity index (χ0) is 10.6. The molecule has 1 atom stereocenters. The molecule has 0 spiro atoms. The van der Waals surface area contributed by atoms with E-state index in [0.717, 1.165) is 12.0 Å². The van der Waals surface area contributed by atoms with Gasteiger partial charge in [0.25, 0.3) is 0 Å².